The number of nitrogens with one attached hydrogen (secondary N) is 2. The fourth-order valence-corrected chi connectivity index (χ4v) is 6.07. The Kier molecular flexibility index (Phi) is 7.23. The predicted octanol–water partition coefficient (Wildman–Crippen LogP) is 4.11. The molecule has 3 N–H and O–H groups in total. The first-order valence-electron chi connectivity index (χ1n) is 13.4. The second-order valence-corrected chi connectivity index (χ2v) is 10.5. The molecule has 0 spiro atoms. The molecule has 1 aliphatic carbocycles. The van der Waals surface area contributed by atoms with Crippen molar-refractivity contribution in [1.29, 1.82) is 0 Å². The van der Waals surface area contributed by atoms with Gasteiger partial charge in [-0.25, -0.2) is 19.2 Å². The minimum absolute atomic E-state index is 0.0484. The highest BCUT2D eigenvalue weighted by molar-refractivity contribution is 6.35. The maximum Gasteiger partial charge on any atom is 0.407 e. The van der Waals surface area contributed by atoms with Gasteiger partial charge in [0.2, 0.25) is 0 Å². The quantitative estimate of drug-likeness (QED) is 0.304. The molecule has 1 unspecified atom stereocenters. The number of carboxylic acid groups (broad SMARTS) is 1. The number of ether oxygens (including phenoxy) is 1. The molecule has 41 heavy (non-hydrogen) atoms. The highest BCUT2D eigenvalue weighted by Gasteiger charge is 2.30. The Hall–Kier alpha value is -4.57. The molecule has 1 aromatic heterocycles. The van der Waals surface area contributed by atoms with E-state index >= 15 is 0 Å². The summed E-state index contributed by atoms with van der Waals surface area (Å²) in [5.41, 5.74) is 4.68. The number of carbonyl (C=O) groups is 2. The van der Waals surface area contributed by atoms with Gasteiger partial charge < -0.3 is 25.5 Å². The Morgan fingerprint density at radius 1 is 1.02 bits per heavy atom. The van der Waals surface area contributed by atoms with Gasteiger partial charge in [0, 0.05) is 25.4 Å². The van der Waals surface area contributed by atoms with Crippen LogP contribution >= 0.6 is 11.6 Å². The fraction of sp³-hybridized carbons (Fsp3) is 0.267. The van der Waals surface area contributed by atoms with Crippen LogP contribution in [0.5, 0.6) is 0 Å². The van der Waals surface area contributed by atoms with Crippen molar-refractivity contribution < 1.29 is 19.4 Å². The summed E-state index contributed by atoms with van der Waals surface area (Å²) in [6.07, 6.45) is -0.889. The van der Waals surface area contributed by atoms with Gasteiger partial charge in [-0.2, -0.15) is 0 Å². The number of carbonyl (C=O) groups excluding carboxylic acids is 1. The maximum atomic E-state index is 13.6. The Morgan fingerprint density at radius 2 is 1.73 bits per heavy atom. The van der Waals surface area contributed by atoms with Crippen LogP contribution in [0.15, 0.2) is 71.5 Å². The zero-order chi connectivity index (χ0) is 28.5. The van der Waals surface area contributed by atoms with Gasteiger partial charge in [-0.15, -0.1) is 0 Å². The summed E-state index contributed by atoms with van der Waals surface area (Å²) in [5.74, 6) is 0.382. The number of alkyl carbamates (subject to hydrolysis) is 1. The third kappa shape index (κ3) is 5.18. The molecule has 1 saturated heterocycles. The van der Waals surface area contributed by atoms with Crippen LogP contribution < -0.4 is 21.2 Å². The largest absolute Gasteiger partial charge is 0.465 e. The van der Waals surface area contributed by atoms with E-state index in [1.165, 1.54) is 4.68 Å². The van der Waals surface area contributed by atoms with Crippen LogP contribution in [0.25, 0.3) is 22.0 Å². The first-order valence-corrected chi connectivity index (χ1v) is 13.8. The standard InChI is InChI=1S/C30H28ClN5O5/c31-24-10-5-11-25-27(24)28(37)36(35-15-13-18(16-35)33-29(38)39)26(34-25)12-14-32-30(40)41-17-23-21-8-3-1-6-19(21)20-7-2-4-9-22(20)23/h1-11,18,23,33H,12-17H2,(H,32,40)(H,38,39). The molecule has 2 amide bonds. The Balaban J connectivity index is 1.16. The zero-order valence-corrected chi connectivity index (χ0v) is 22.8. The van der Waals surface area contributed by atoms with Gasteiger partial charge in [-0.1, -0.05) is 66.2 Å². The molecule has 210 valence electrons. The normalized spacial score (nSPS) is 15.9. The lowest BCUT2D eigenvalue weighted by molar-refractivity contribution is 0.143. The fourth-order valence-electron chi connectivity index (χ4n) is 5.82. The topological polar surface area (TPSA) is 126 Å². The summed E-state index contributed by atoms with van der Waals surface area (Å²) < 4.78 is 7.09. The molecule has 0 saturated carbocycles. The number of hydrogen-bond acceptors (Lipinski definition) is 6. The van der Waals surface area contributed by atoms with E-state index in [-0.39, 0.29) is 47.5 Å². The number of fused-ring (bicyclic) bond motifs is 4. The number of amides is 2. The van der Waals surface area contributed by atoms with E-state index in [2.05, 4.69) is 34.9 Å². The lowest BCUT2D eigenvalue weighted by Crippen LogP contribution is -2.46. The lowest BCUT2D eigenvalue weighted by atomic mass is 9.98. The van der Waals surface area contributed by atoms with Crippen LogP contribution in [-0.4, -0.2) is 59.2 Å². The smallest absolute Gasteiger partial charge is 0.407 e. The van der Waals surface area contributed by atoms with Crippen LogP contribution in [0.1, 0.15) is 29.3 Å². The van der Waals surface area contributed by atoms with Crippen LogP contribution in [-0.2, 0) is 11.2 Å². The molecule has 4 aromatic rings. The van der Waals surface area contributed by atoms with Crippen molar-refractivity contribution in [2.45, 2.75) is 24.8 Å². The minimum Gasteiger partial charge on any atom is -0.465 e. The monoisotopic (exact) mass is 573 g/mol. The Morgan fingerprint density at radius 3 is 2.44 bits per heavy atom. The van der Waals surface area contributed by atoms with Crippen LogP contribution in [0, 0.1) is 0 Å². The summed E-state index contributed by atoms with van der Waals surface area (Å²) in [7, 11) is 0. The number of rotatable bonds is 7. The molecular formula is C30H28ClN5O5. The summed E-state index contributed by atoms with van der Waals surface area (Å²) in [4.78, 5) is 42.1. The van der Waals surface area contributed by atoms with E-state index in [9.17, 15) is 14.4 Å². The van der Waals surface area contributed by atoms with E-state index in [1.807, 2.05) is 24.3 Å². The predicted molar refractivity (Wildman–Crippen MR) is 155 cm³/mol. The van der Waals surface area contributed by atoms with Crippen molar-refractivity contribution in [3.63, 3.8) is 0 Å². The SMILES string of the molecule is O=C(O)NC1CCN(n2c(CCNC(=O)OCC3c4ccccc4-c4ccccc43)nc3cccc(Cl)c3c2=O)C1. The number of benzene rings is 3. The van der Waals surface area contributed by atoms with Gasteiger partial charge in [0.25, 0.3) is 5.56 Å². The molecule has 6 rings (SSSR count). The third-order valence-electron chi connectivity index (χ3n) is 7.63. The van der Waals surface area contributed by atoms with Crippen molar-refractivity contribution in [1.82, 2.24) is 20.3 Å². The molecule has 2 heterocycles. The molecule has 1 aliphatic heterocycles. The summed E-state index contributed by atoms with van der Waals surface area (Å²) in [6, 6.07) is 21.0. The van der Waals surface area contributed by atoms with E-state index < -0.39 is 12.2 Å². The second kappa shape index (κ2) is 11.1. The van der Waals surface area contributed by atoms with Crippen LogP contribution in [0.3, 0.4) is 0 Å². The second-order valence-electron chi connectivity index (χ2n) is 10.1. The Bertz CT molecular complexity index is 1660. The van der Waals surface area contributed by atoms with Gasteiger partial charge in [-0.05, 0) is 40.8 Å². The summed E-state index contributed by atoms with van der Waals surface area (Å²) in [5, 5.41) is 16.7. The molecule has 10 nitrogen and oxygen atoms in total. The van der Waals surface area contributed by atoms with Gasteiger partial charge >= 0.3 is 12.2 Å². The van der Waals surface area contributed by atoms with Crippen molar-refractivity contribution in [2.24, 2.45) is 0 Å². The molecular weight excluding hydrogens is 546 g/mol. The van der Waals surface area contributed by atoms with Gasteiger partial charge in [0.05, 0.1) is 28.5 Å². The molecule has 0 radical (unpaired) electrons. The van der Waals surface area contributed by atoms with Crippen LogP contribution in [0.4, 0.5) is 9.59 Å². The Labute approximate surface area is 240 Å². The van der Waals surface area contributed by atoms with Crippen molar-refractivity contribution >= 4 is 34.7 Å². The number of aromatic nitrogens is 2. The third-order valence-corrected chi connectivity index (χ3v) is 7.95. The summed E-state index contributed by atoms with van der Waals surface area (Å²) in [6.45, 7) is 1.13. The molecule has 1 atom stereocenters. The average molecular weight is 574 g/mol. The van der Waals surface area contributed by atoms with Gasteiger partial charge in [-0.3, -0.25) is 4.79 Å². The van der Waals surface area contributed by atoms with E-state index in [4.69, 9.17) is 26.4 Å². The highest BCUT2D eigenvalue weighted by Crippen LogP contribution is 2.44. The zero-order valence-electron chi connectivity index (χ0n) is 22.0. The number of hydrogen-bond donors (Lipinski definition) is 3. The van der Waals surface area contributed by atoms with Gasteiger partial charge in [0.1, 0.15) is 12.4 Å². The molecule has 0 bridgehead atoms. The average Bonchev–Trinajstić information content (AvgIpc) is 3.53. The highest BCUT2D eigenvalue weighted by atomic mass is 35.5. The van der Waals surface area contributed by atoms with E-state index in [0.29, 0.717) is 30.9 Å². The van der Waals surface area contributed by atoms with Crippen molar-refractivity contribution in [2.75, 3.05) is 31.3 Å². The first kappa shape index (κ1) is 26.6. The minimum atomic E-state index is -1.11. The maximum absolute atomic E-state index is 13.6. The van der Waals surface area contributed by atoms with E-state index in [1.54, 1.807) is 23.2 Å². The van der Waals surface area contributed by atoms with Crippen LogP contribution in [0.2, 0.25) is 5.02 Å². The molecule has 2 aliphatic rings. The lowest BCUT2D eigenvalue weighted by Gasteiger charge is -2.24. The van der Waals surface area contributed by atoms with Gasteiger partial charge in [0.15, 0.2) is 0 Å². The number of nitrogens with zero attached hydrogens (tertiary/aromatic N) is 3. The van der Waals surface area contributed by atoms with Crippen molar-refractivity contribution in [3.05, 3.63) is 99.1 Å². The molecule has 3 aromatic carbocycles. The molecule has 11 heteroatoms. The first-order chi connectivity index (χ1) is 19.9. The molecule has 1 fully saturated rings. The van der Waals surface area contributed by atoms with Crippen molar-refractivity contribution in [3.8, 4) is 11.1 Å². The number of halogens is 1. The summed E-state index contributed by atoms with van der Waals surface area (Å²) >= 11 is 6.35. The van der Waals surface area contributed by atoms with E-state index in [0.717, 1.165) is 22.3 Å².